The average molecular weight is 164 g/mol. The van der Waals surface area contributed by atoms with E-state index in [0.717, 1.165) is 5.01 Å². The van der Waals surface area contributed by atoms with E-state index in [2.05, 4.69) is 0 Å². The van der Waals surface area contributed by atoms with Crippen LogP contribution in [0.25, 0.3) is 0 Å². The standard InChI is InChI=1S/C6H10F2N2O/c7-6(8)2-1-5(6)3-10(9)4-11/h4-5H,1-3,9H2. The summed E-state index contributed by atoms with van der Waals surface area (Å²) in [6.07, 6.45) is 0.729. The molecule has 64 valence electrons. The van der Waals surface area contributed by atoms with Crippen LogP contribution >= 0.6 is 0 Å². The van der Waals surface area contributed by atoms with E-state index in [-0.39, 0.29) is 13.0 Å². The molecule has 1 atom stereocenters. The number of halogens is 2. The van der Waals surface area contributed by atoms with Crippen molar-refractivity contribution in [2.75, 3.05) is 6.54 Å². The minimum Gasteiger partial charge on any atom is -0.283 e. The Morgan fingerprint density at radius 3 is 2.64 bits per heavy atom. The molecule has 1 saturated carbocycles. The number of hydrogen-bond acceptors (Lipinski definition) is 2. The monoisotopic (exact) mass is 164 g/mol. The van der Waals surface area contributed by atoms with Crippen molar-refractivity contribution in [3.05, 3.63) is 0 Å². The van der Waals surface area contributed by atoms with Gasteiger partial charge in [0.05, 0.1) is 0 Å². The van der Waals surface area contributed by atoms with Crippen molar-refractivity contribution in [3.8, 4) is 0 Å². The summed E-state index contributed by atoms with van der Waals surface area (Å²) in [5, 5.41) is 0.762. The van der Waals surface area contributed by atoms with Crippen LogP contribution in [0.1, 0.15) is 12.8 Å². The lowest BCUT2D eigenvalue weighted by molar-refractivity contribution is -0.145. The summed E-state index contributed by atoms with van der Waals surface area (Å²) in [7, 11) is 0. The predicted molar refractivity (Wildman–Crippen MR) is 34.6 cm³/mol. The van der Waals surface area contributed by atoms with Crippen LogP contribution in [0, 0.1) is 5.92 Å². The Labute approximate surface area is 63.1 Å². The molecule has 5 heteroatoms. The molecule has 1 rings (SSSR count). The van der Waals surface area contributed by atoms with E-state index in [9.17, 15) is 13.6 Å². The zero-order chi connectivity index (χ0) is 8.48. The maximum Gasteiger partial charge on any atom is 0.252 e. The molecule has 3 nitrogen and oxygen atoms in total. The Morgan fingerprint density at radius 1 is 1.73 bits per heavy atom. The first-order valence-electron chi connectivity index (χ1n) is 3.41. The molecule has 1 amide bonds. The molecule has 0 spiro atoms. The fourth-order valence-corrected chi connectivity index (χ4v) is 1.09. The zero-order valence-electron chi connectivity index (χ0n) is 5.96. The van der Waals surface area contributed by atoms with Gasteiger partial charge in [0.1, 0.15) is 0 Å². The lowest BCUT2D eigenvalue weighted by atomic mass is 9.81. The predicted octanol–water partition coefficient (Wildman–Crippen LogP) is 0.364. The summed E-state index contributed by atoms with van der Waals surface area (Å²) in [6.45, 7) is -0.0451. The van der Waals surface area contributed by atoms with E-state index in [1.165, 1.54) is 0 Å². The SMILES string of the molecule is NN(C=O)CC1CCC1(F)F. The Morgan fingerprint density at radius 2 is 2.36 bits per heavy atom. The van der Waals surface area contributed by atoms with Crippen LogP contribution < -0.4 is 5.84 Å². The Bertz CT molecular complexity index is 163. The van der Waals surface area contributed by atoms with Gasteiger partial charge in [-0.15, -0.1) is 0 Å². The Balaban J connectivity index is 2.33. The largest absolute Gasteiger partial charge is 0.283 e. The van der Waals surface area contributed by atoms with E-state index < -0.39 is 11.8 Å². The molecule has 11 heavy (non-hydrogen) atoms. The van der Waals surface area contributed by atoms with Gasteiger partial charge in [0.15, 0.2) is 0 Å². The molecule has 1 fully saturated rings. The summed E-state index contributed by atoms with van der Waals surface area (Å²) < 4.78 is 25.0. The fourth-order valence-electron chi connectivity index (χ4n) is 1.09. The molecule has 0 radical (unpaired) electrons. The van der Waals surface area contributed by atoms with E-state index >= 15 is 0 Å². The number of carbonyl (C=O) groups is 1. The molecule has 0 saturated heterocycles. The van der Waals surface area contributed by atoms with Gasteiger partial charge in [-0.05, 0) is 6.42 Å². The third-order valence-corrected chi connectivity index (χ3v) is 1.99. The summed E-state index contributed by atoms with van der Waals surface area (Å²) >= 11 is 0. The summed E-state index contributed by atoms with van der Waals surface area (Å²) in [6, 6.07) is 0. The van der Waals surface area contributed by atoms with Gasteiger partial charge >= 0.3 is 0 Å². The van der Waals surface area contributed by atoms with Crippen molar-refractivity contribution in [2.24, 2.45) is 11.8 Å². The molecule has 1 aliphatic rings. The van der Waals surface area contributed by atoms with Crippen molar-refractivity contribution in [1.29, 1.82) is 0 Å². The van der Waals surface area contributed by atoms with Crippen LogP contribution in [-0.4, -0.2) is 23.9 Å². The van der Waals surface area contributed by atoms with Crippen molar-refractivity contribution >= 4 is 6.41 Å². The van der Waals surface area contributed by atoms with Crippen LogP contribution in [0.2, 0.25) is 0 Å². The van der Waals surface area contributed by atoms with Gasteiger partial charge in [0.2, 0.25) is 6.41 Å². The second-order valence-electron chi connectivity index (χ2n) is 2.80. The minimum absolute atomic E-state index is 0.0451. The van der Waals surface area contributed by atoms with Gasteiger partial charge in [0.25, 0.3) is 5.92 Å². The van der Waals surface area contributed by atoms with Gasteiger partial charge in [0, 0.05) is 18.9 Å². The summed E-state index contributed by atoms with van der Waals surface area (Å²) in [5.41, 5.74) is 0. The lowest BCUT2D eigenvalue weighted by Gasteiger charge is -2.37. The minimum atomic E-state index is -2.61. The van der Waals surface area contributed by atoms with Crippen LogP contribution in [0.3, 0.4) is 0 Å². The number of carbonyl (C=O) groups excluding carboxylic acids is 1. The lowest BCUT2D eigenvalue weighted by Crippen LogP contribution is -2.47. The Kier molecular flexibility index (Phi) is 2.08. The first-order valence-corrected chi connectivity index (χ1v) is 3.41. The van der Waals surface area contributed by atoms with E-state index in [4.69, 9.17) is 5.84 Å². The number of nitrogens with zero attached hydrogens (tertiary/aromatic N) is 1. The highest BCUT2D eigenvalue weighted by molar-refractivity contribution is 5.45. The van der Waals surface area contributed by atoms with Crippen LogP contribution in [0.4, 0.5) is 8.78 Å². The van der Waals surface area contributed by atoms with Crippen LogP contribution in [0.5, 0.6) is 0 Å². The summed E-state index contributed by atoms with van der Waals surface area (Å²) in [4.78, 5) is 9.95. The molecule has 2 N–H and O–H groups in total. The normalized spacial score (nSPS) is 27.4. The smallest absolute Gasteiger partial charge is 0.252 e. The molecule has 0 heterocycles. The number of nitrogens with two attached hydrogens (primary N) is 1. The van der Waals surface area contributed by atoms with Gasteiger partial charge in [-0.1, -0.05) is 0 Å². The van der Waals surface area contributed by atoms with E-state index in [1.807, 2.05) is 0 Å². The molecule has 1 aliphatic carbocycles. The first kappa shape index (κ1) is 8.39. The van der Waals surface area contributed by atoms with E-state index in [1.54, 1.807) is 0 Å². The van der Waals surface area contributed by atoms with Crippen molar-refractivity contribution in [1.82, 2.24) is 5.01 Å². The van der Waals surface area contributed by atoms with E-state index in [0.29, 0.717) is 12.8 Å². The number of hydrogen-bond donors (Lipinski definition) is 1. The summed E-state index contributed by atoms with van der Waals surface area (Å²) in [5.74, 6) is 1.69. The van der Waals surface area contributed by atoms with Gasteiger partial charge in [-0.2, -0.15) is 0 Å². The van der Waals surface area contributed by atoms with Crippen molar-refractivity contribution in [2.45, 2.75) is 18.8 Å². The van der Waals surface area contributed by atoms with Crippen molar-refractivity contribution in [3.63, 3.8) is 0 Å². The maximum atomic E-state index is 12.5. The zero-order valence-corrected chi connectivity index (χ0v) is 5.96. The van der Waals surface area contributed by atoms with Gasteiger partial charge in [-0.3, -0.25) is 9.80 Å². The number of hydrazine groups is 1. The quantitative estimate of drug-likeness (QED) is 0.283. The maximum absolute atomic E-state index is 12.5. The molecule has 1 unspecified atom stereocenters. The third-order valence-electron chi connectivity index (χ3n) is 1.99. The molecule has 0 aromatic rings. The van der Waals surface area contributed by atoms with Crippen LogP contribution in [-0.2, 0) is 4.79 Å². The van der Waals surface area contributed by atoms with Crippen molar-refractivity contribution < 1.29 is 13.6 Å². The van der Waals surface area contributed by atoms with Crippen LogP contribution in [0.15, 0.2) is 0 Å². The second kappa shape index (κ2) is 2.73. The molecular formula is C6H10F2N2O. The number of alkyl halides is 2. The van der Waals surface area contributed by atoms with Gasteiger partial charge < -0.3 is 0 Å². The highest BCUT2D eigenvalue weighted by Gasteiger charge is 2.48. The molecule has 0 aromatic carbocycles. The second-order valence-corrected chi connectivity index (χ2v) is 2.80. The topological polar surface area (TPSA) is 46.3 Å². The first-order chi connectivity index (χ1) is 5.06. The number of amides is 1. The average Bonchev–Trinajstić information content (AvgIpc) is 1.98. The highest BCUT2D eigenvalue weighted by atomic mass is 19.3. The number of rotatable bonds is 3. The third kappa shape index (κ3) is 1.65. The van der Waals surface area contributed by atoms with Gasteiger partial charge in [-0.25, -0.2) is 14.6 Å². The Hall–Kier alpha value is -0.710. The molecule has 0 aliphatic heterocycles. The molecule has 0 aromatic heterocycles. The fraction of sp³-hybridized carbons (Fsp3) is 0.833. The molecule has 0 bridgehead atoms. The highest BCUT2D eigenvalue weighted by Crippen LogP contribution is 2.43. The molecular weight excluding hydrogens is 154 g/mol.